The third-order valence-corrected chi connectivity index (χ3v) is 6.03. The highest BCUT2D eigenvalue weighted by molar-refractivity contribution is 7.89. The molecule has 1 aromatic rings. The molecule has 0 saturated heterocycles. The normalized spacial score (nSPS) is 24.0. The number of sulfonamides is 1. The van der Waals surface area contributed by atoms with Gasteiger partial charge in [0.2, 0.25) is 10.0 Å². The molecule has 19 heavy (non-hydrogen) atoms. The molecule has 0 aromatic heterocycles. The van der Waals surface area contributed by atoms with Gasteiger partial charge in [0.1, 0.15) is 0 Å². The highest BCUT2D eigenvalue weighted by atomic mass is 35.5. The van der Waals surface area contributed by atoms with Gasteiger partial charge in [-0.3, -0.25) is 0 Å². The van der Waals surface area contributed by atoms with Crippen molar-refractivity contribution in [3.8, 4) is 0 Å². The first kappa shape index (κ1) is 14.8. The van der Waals surface area contributed by atoms with E-state index in [9.17, 15) is 8.42 Å². The van der Waals surface area contributed by atoms with Gasteiger partial charge in [-0.15, -0.1) is 0 Å². The van der Waals surface area contributed by atoms with Crippen LogP contribution in [0.3, 0.4) is 0 Å². The molecule has 2 rings (SSSR count). The zero-order chi connectivity index (χ0) is 14.0. The topological polar surface area (TPSA) is 63.4 Å². The van der Waals surface area contributed by atoms with Gasteiger partial charge in [0.25, 0.3) is 0 Å². The smallest absolute Gasteiger partial charge is 0.243 e. The lowest BCUT2D eigenvalue weighted by molar-refractivity contribution is 0.304. The summed E-state index contributed by atoms with van der Waals surface area (Å²) < 4.78 is 26.5. The van der Waals surface area contributed by atoms with Gasteiger partial charge in [0.15, 0.2) is 0 Å². The van der Waals surface area contributed by atoms with E-state index in [2.05, 4.69) is 0 Å². The Bertz CT molecular complexity index is 530. The number of nitrogens with two attached hydrogens (primary N) is 1. The highest BCUT2D eigenvalue weighted by Crippen LogP contribution is 2.31. The molecule has 0 heterocycles. The van der Waals surface area contributed by atoms with Crippen LogP contribution in [0.1, 0.15) is 19.3 Å². The first-order chi connectivity index (χ1) is 8.96. The first-order valence-electron chi connectivity index (χ1n) is 6.40. The van der Waals surface area contributed by atoms with Gasteiger partial charge in [-0.1, -0.05) is 18.0 Å². The molecule has 0 bridgehead atoms. The summed E-state index contributed by atoms with van der Waals surface area (Å²) >= 11 is 5.79. The summed E-state index contributed by atoms with van der Waals surface area (Å²) in [7, 11) is -1.82. The minimum atomic E-state index is -3.46. The zero-order valence-electron chi connectivity index (χ0n) is 10.9. The van der Waals surface area contributed by atoms with E-state index in [-0.39, 0.29) is 16.9 Å². The zero-order valence-corrected chi connectivity index (χ0v) is 12.5. The molecule has 0 amide bonds. The summed E-state index contributed by atoms with van der Waals surface area (Å²) in [6.07, 6.45) is 2.92. The summed E-state index contributed by atoms with van der Waals surface area (Å²) in [5.41, 5.74) is 5.72. The largest absolute Gasteiger partial charge is 0.330 e. The van der Waals surface area contributed by atoms with E-state index in [1.165, 1.54) is 4.31 Å². The van der Waals surface area contributed by atoms with Crippen LogP contribution < -0.4 is 5.73 Å². The number of hydrogen-bond donors (Lipinski definition) is 1. The second-order valence-electron chi connectivity index (χ2n) is 4.97. The van der Waals surface area contributed by atoms with E-state index in [1.807, 2.05) is 0 Å². The second-order valence-corrected chi connectivity index (χ2v) is 7.40. The third-order valence-electron chi connectivity index (χ3n) is 3.88. The molecule has 4 nitrogen and oxygen atoms in total. The molecule has 1 aliphatic carbocycles. The van der Waals surface area contributed by atoms with Crippen molar-refractivity contribution >= 4 is 21.6 Å². The van der Waals surface area contributed by atoms with Gasteiger partial charge in [-0.2, -0.15) is 4.31 Å². The summed E-state index contributed by atoms with van der Waals surface area (Å²) in [5, 5.41) is 0.530. The SMILES string of the molecule is CN(C1CCCC1CN)S(=O)(=O)c1ccc(Cl)cc1. The van der Waals surface area contributed by atoms with Gasteiger partial charge < -0.3 is 5.73 Å². The molecule has 0 aliphatic heterocycles. The number of benzene rings is 1. The van der Waals surface area contributed by atoms with Crippen molar-refractivity contribution in [1.29, 1.82) is 0 Å². The third kappa shape index (κ3) is 2.94. The number of nitrogens with zero attached hydrogens (tertiary/aromatic N) is 1. The molecule has 1 saturated carbocycles. The van der Waals surface area contributed by atoms with Crippen molar-refractivity contribution in [2.45, 2.75) is 30.2 Å². The first-order valence-corrected chi connectivity index (χ1v) is 8.22. The Kier molecular flexibility index (Phi) is 4.50. The van der Waals surface area contributed by atoms with Crippen LogP contribution in [-0.4, -0.2) is 32.4 Å². The van der Waals surface area contributed by atoms with Crippen molar-refractivity contribution in [1.82, 2.24) is 4.31 Å². The Labute approximate surface area is 119 Å². The number of rotatable bonds is 4. The Balaban J connectivity index is 2.26. The van der Waals surface area contributed by atoms with Gasteiger partial charge >= 0.3 is 0 Å². The maximum absolute atomic E-state index is 12.5. The highest BCUT2D eigenvalue weighted by Gasteiger charge is 2.35. The van der Waals surface area contributed by atoms with E-state index in [0.29, 0.717) is 11.6 Å². The molecule has 1 aromatic carbocycles. The average Bonchev–Trinajstić information content (AvgIpc) is 2.86. The van der Waals surface area contributed by atoms with E-state index < -0.39 is 10.0 Å². The van der Waals surface area contributed by atoms with E-state index in [4.69, 9.17) is 17.3 Å². The van der Waals surface area contributed by atoms with Crippen molar-refractivity contribution < 1.29 is 8.42 Å². The molecule has 0 spiro atoms. The van der Waals surface area contributed by atoms with Crippen molar-refractivity contribution in [3.05, 3.63) is 29.3 Å². The lowest BCUT2D eigenvalue weighted by Gasteiger charge is -2.28. The Morgan fingerprint density at radius 1 is 1.32 bits per heavy atom. The molecule has 2 atom stereocenters. The molecule has 6 heteroatoms. The monoisotopic (exact) mass is 302 g/mol. The standard InChI is InChI=1S/C13H19ClN2O2S/c1-16(13-4-2-3-10(13)9-15)19(17,18)12-7-5-11(14)6-8-12/h5-8,10,13H,2-4,9,15H2,1H3. The van der Waals surface area contributed by atoms with E-state index in [0.717, 1.165) is 19.3 Å². The lowest BCUT2D eigenvalue weighted by atomic mass is 10.0. The molecule has 2 N–H and O–H groups in total. The predicted octanol–water partition coefficient (Wildman–Crippen LogP) is 2.09. The summed E-state index contributed by atoms with van der Waals surface area (Å²) in [5.74, 6) is 0.257. The van der Waals surface area contributed by atoms with Crippen LogP contribution in [-0.2, 0) is 10.0 Å². The summed E-state index contributed by atoms with van der Waals surface area (Å²) in [6, 6.07) is 6.28. The molecule has 2 unspecified atom stereocenters. The van der Waals surface area contributed by atoms with Crippen LogP contribution >= 0.6 is 11.6 Å². The quantitative estimate of drug-likeness (QED) is 0.926. The minimum Gasteiger partial charge on any atom is -0.330 e. The molecule has 106 valence electrons. The number of hydrogen-bond acceptors (Lipinski definition) is 3. The van der Waals surface area contributed by atoms with Gasteiger partial charge in [-0.25, -0.2) is 8.42 Å². The lowest BCUT2D eigenvalue weighted by Crippen LogP contribution is -2.41. The van der Waals surface area contributed by atoms with Crippen LogP contribution in [0, 0.1) is 5.92 Å². The Morgan fingerprint density at radius 2 is 1.95 bits per heavy atom. The maximum atomic E-state index is 12.5. The molecular weight excluding hydrogens is 284 g/mol. The predicted molar refractivity (Wildman–Crippen MR) is 76.6 cm³/mol. The molecule has 1 aliphatic rings. The fraction of sp³-hybridized carbons (Fsp3) is 0.538. The van der Waals surface area contributed by atoms with E-state index >= 15 is 0 Å². The van der Waals surface area contributed by atoms with Gasteiger partial charge in [0, 0.05) is 18.1 Å². The molecular formula is C13H19ClN2O2S. The van der Waals surface area contributed by atoms with Crippen LogP contribution in [0.15, 0.2) is 29.2 Å². The van der Waals surface area contributed by atoms with Crippen LogP contribution in [0.2, 0.25) is 5.02 Å². The van der Waals surface area contributed by atoms with Crippen LogP contribution in [0.4, 0.5) is 0 Å². The molecule has 1 fully saturated rings. The fourth-order valence-corrected chi connectivity index (χ4v) is 4.29. The van der Waals surface area contributed by atoms with Gasteiger partial charge in [0.05, 0.1) is 4.90 Å². The maximum Gasteiger partial charge on any atom is 0.243 e. The average molecular weight is 303 g/mol. The van der Waals surface area contributed by atoms with Crippen LogP contribution in [0.25, 0.3) is 0 Å². The fourth-order valence-electron chi connectivity index (χ4n) is 2.72. The number of halogens is 1. The van der Waals surface area contributed by atoms with E-state index in [1.54, 1.807) is 31.3 Å². The van der Waals surface area contributed by atoms with Gasteiger partial charge in [-0.05, 0) is 49.6 Å². The van der Waals surface area contributed by atoms with Crippen LogP contribution in [0.5, 0.6) is 0 Å². The van der Waals surface area contributed by atoms with Crippen molar-refractivity contribution in [2.24, 2.45) is 11.7 Å². The second kappa shape index (κ2) is 5.79. The minimum absolute atomic E-state index is 0.00526. The summed E-state index contributed by atoms with van der Waals surface area (Å²) in [4.78, 5) is 0.280. The Hall–Kier alpha value is -0.620. The summed E-state index contributed by atoms with van der Waals surface area (Å²) in [6.45, 7) is 0.533. The molecule has 0 radical (unpaired) electrons. The Morgan fingerprint density at radius 3 is 2.53 bits per heavy atom. The van der Waals surface area contributed by atoms with Crippen molar-refractivity contribution in [2.75, 3.05) is 13.6 Å². The van der Waals surface area contributed by atoms with Crippen molar-refractivity contribution in [3.63, 3.8) is 0 Å².